The van der Waals surface area contributed by atoms with Gasteiger partial charge in [-0.15, -0.1) is 0 Å². The van der Waals surface area contributed by atoms with Crippen molar-refractivity contribution in [2.45, 2.75) is 20.0 Å². The van der Waals surface area contributed by atoms with Crippen molar-refractivity contribution in [3.8, 4) is 5.69 Å². The zero-order chi connectivity index (χ0) is 14.7. The minimum atomic E-state index is -0.337. The molecular weight excluding hydrogens is 269 g/mol. The van der Waals surface area contributed by atoms with Crippen molar-refractivity contribution in [1.82, 2.24) is 19.3 Å². The zero-order valence-electron chi connectivity index (χ0n) is 11.7. The van der Waals surface area contributed by atoms with E-state index in [1.807, 2.05) is 18.3 Å². The second-order valence-corrected chi connectivity index (χ2v) is 4.65. The molecule has 2 heterocycles. The Bertz CT molecular complexity index is 718. The summed E-state index contributed by atoms with van der Waals surface area (Å²) < 4.78 is 17.6. The first-order chi connectivity index (χ1) is 10.3. The molecule has 0 unspecified atom stereocenters. The van der Waals surface area contributed by atoms with E-state index in [9.17, 15) is 4.39 Å². The molecule has 6 heteroatoms. The van der Waals surface area contributed by atoms with Gasteiger partial charge in [0.15, 0.2) is 5.82 Å². The highest BCUT2D eigenvalue weighted by Crippen LogP contribution is 2.18. The maximum absolute atomic E-state index is 14.1. The van der Waals surface area contributed by atoms with Crippen LogP contribution in [0.2, 0.25) is 0 Å². The summed E-state index contributed by atoms with van der Waals surface area (Å²) in [5.41, 5.74) is 2.29. The molecule has 0 radical (unpaired) electrons. The van der Waals surface area contributed by atoms with Gasteiger partial charge in [-0.3, -0.25) is 0 Å². The topological polar surface area (TPSA) is 47.7 Å². The number of nitrogens with one attached hydrogen (secondary N) is 1. The van der Waals surface area contributed by atoms with E-state index in [1.54, 1.807) is 6.07 Å². The van der Waals surface area contributed by atoms with Gasteiger partial charge >= 0.3 is 0 Å². The van der Waals surface area contributed by atoms with Crippen molar-refractivity contribution in [2.75, 3.05) is 5.32 Å². The van der Waals surface area contributed by atoms with Crippen molar-refractivity contribution in [2.24, 2.45) is 0 Å². The second kappa shape index (κ2) is 5.78. The average Bonchev–Trinajstić information content (AvgIpc) is 3.16. The Morgan fingerprint density at radius 2 is 2.19 bits per heavy atom. The third kappa shape index (κ3) is 2.79. The minimum absolute atomic E-state index is 0.337. The quantitative estimate of drug-likeness (QED) is 0.784. The normalized spacial score (nSPS) is 10.8. The van der Waals surface area contributed by atoms with Gasteiger partial charge in [-0.2, -0.15) is 5.10 Å². The largest absolute Gasteiger partial charge is 0.379 e. The SMILES string of the molecule is CCn1cccc1CNc1ccc(-n2cncn2)c(F)c1. The van der Waals surface area contributed by atoms with Crippen molar-refractivity contribution in [1.29, 1.82) is 0 Å². The third-order valence-corrected chi connectivity index (χ3v) is 3.35. The van der Waals surface area contributed by atoms with E-state index in [4.69, 9.17) is 0 Å². The molecule has 108 valence electrons. The smallest absolute Gasteiger partial charge is 0.150 e. The maximum atomic E-state index is 14.1. The molecule has 0 atom stereocenters. The number of anilines is 1. The molecular formula is C15H16FN5. The molecule has 0 aliphatic carbocycles. The Morgan fingerprint density at radius 3 is 2.90 bits per heavy atom. The highest BCUT2D eigenvalue weighted by Gasteiger charge is 2.06. The molecule has 0 spiro atoms. The van der Waals surface area contributed by atoms with Crippen molar-refractivity contribution >= 4 is 5.69 Å². The number of nitrogens with zero attached hydrogens (tertiary/aromatic N) is 4. The molecule has 1 N–H and O–H groups in total. The van der Waals surface area contributed by atoms with Crippen molar-refractivity contribution in [3.05, 3.63) is 60.7 Å². The number of halogens is 1. The molecule has 0 aliphatic heterocycles. The maximum Gasteiger partial charge on any atom is 0.150 e. The molecule has 5 nitrogen and oxygen atoms in total. The van der Waals surface area contributed by atoms with Gasteiger partial charge in [-0.25, -0.2) is 14.1 Å². The fourth-order valence-electron chi connectivity index (χ4n) is 2.25. The molecule has 2 aromatic heterocycles. The fraction of sp³-hybridized carbons (Fsp3) is 0.200. The zero-order valence-corrected chi connectivity index (χ0v) is 11.7. The van der Waals surface area contributed by atoms with Crippen LogP contribution in [-0.2, 0) is 13.1 Å². The summed E-state index contributed by atoms with van der Waals surface area (Å²) in [6.07, 6.45) is 4.88. The summed E-state index contributed by atoms with van der Waals surface area (Å²) in [7, 11) is 0. The van der Waals surface area contributed by atoms with Gasteiger partial charge < -0.3 is 9.88 Å². The van der Waals surface area contributed by atoms with Crippen LogP contribution in [0, 0.1) is 5.82 Å². The number of hydrogen-bond donors (Lipinski definition) is 1. The van der Waals surface area contributed by atoms with Crippen LogP contribution in [0.3, 0.4) is 0 Å². The highest BCUT2D eigenvalue weighted by atomic mass is 19.1. The fourth-order valence-corrected chi connectivity index (χ4v) is 2.25. The lowest BCUT2D eigenvalue weighted by molar-refractivity contribution is 0.611. The van der Waals surface area contributed by atoms with E-state index in [1.165, 1.54) is 29.1 Å². The molecule has 0 amide bonds. The van der Waals surface area contributed by atoms with Crippen LogP contribution >= 0.6 is 0 Å². The average molecular weight is 285 g/mol. The first-order valence-corrected chi connectivity index (χ1v) is 6.80. The first-order valence-electron chi connectivity index (χ1n) is 6.80. The predicted molar refractivity (Wildman–Crippen MR) is 78.7 cm³/mol. The van der Waals surface area contributed by atoms with Crippen molar-refractivity contribution in [3.63, 3.8) is 0 Å². The highest BCUT2D eigenvalue weighted by molar-refractivity contribution is 5.49. The molecule has 0 saturated heterocycles. The Morgan fingerprint density at radius 1 is 1.29 bits per heavy atom. The molecule has 3 rings (SSSR count). The summed E-state index contributed by atoms with van der Waals surface area (Å²) in [4.78, 5) is 3.82. The summed E-state index contributed by atoms with van der Waals surface area (Å²) in [6.45, 7) is 3.67. The summed E-state index contributed by atoms with van der Waals surface area (Å²) in [5, 5.41) is 7.16. The van der Waals surface area contributed by atoms with Crippen LogP contribution in [0.25, 0.3) is 5.69 Å². The number of benzene rings is 1. The van der Waals surface area contributed by atoms with E-state index in [0.717, 1.165) is 12.2 Å². The Labute approximate surface area is 122 Å². The molecule has 1 aromatic carbocycles. The predicted octanol–water partition coefficient (Wildman–Crippen LogP) is 2.84. The van der Waals surface area contributed by atoms with Gasteiger partial charge in [0.25, 0.3) is 0 Å². The van der Waals surface area contributed by atoms with Gasteiger partial charge in [-0.05, 0) is 37.3 Å². The lowest BCUT2D eigenvalue weighted by Gasteiger charge is -2.10. The summed E-state index contributed by atoms with van der Waals surface area (Å²) in [6, 6.07) is 9.05. The molecule has 0 aliphatic rings. The Balaban J connectivity index is 1.74. The van der Waals surface area contributed by atoms with Crippen LogP contribution in [0.1, 0.15) is 12.6 Å². The number of hydrogen-bond acceptors (Lipinski definition) is 3. The lowest BCUT2D eigenvalue weighted by atomic mass is 10.2. The van der Waals surface area contributed by atoms with Gasteiger partial charge in [-0.1, -0.05) is 0 Å². The summed E-state index contributed by atoms with van der Waals surface area (Å²) >= 11 is 0. The Hall–Kier alpha value is -2.63. The van der Waals surface area contributed by atoms with E-state index < -0.39 is 0 Å². The van der Waals surface area contributed by atoms with E-state index in [-0.39, 0.29) is 5.82 Å². The second-order valence-electron chi connectivity index (χ2n) is 4.65. The van der Waals surface area contributed by atoms with Gasteiger partial charge in [0.05, 0.1) is 6.54 Å². The standard InChI is InChI=1S/C15H16FN5/c1-2-20-7-3-4-13(20)9-18-12-5-6-15(14(16)8-12)21-11-17-10-19-21/h3-8,10-11,18H,2,9H2,1H3. The van der Waals surface area contributed by atoms with Crippen LogP contribution < -0.4 is 5.32 Å². The first kappa shape index (κ1) is 13.4. The molecule has 0 fully saturated rings. The number of aryl methyl sites for hydroxylation is 1. The number of aromatic nitrogens is 4. The molecule has 0 saturated carbocycles. The van der Waals surface area contributed by atoms with Gasteiger partial charge in [0.1, 0.15) is 18.3 Å². The molecule has 21 heavy (non-hydrogen) atoms. The van der Waals surface area contributed by atoms with E-state index >= 15 is 0 Å². The van der Waals surface area contributed by atoms with E-state index in [2.05, 4.69) is 33.0 Å². The lowest BCUT2D eigenvalue weighted by Crippen LogP contribution is -2.06. The number of rotatable bonds is 5. The van der Waals surface area contributed by atoms with Gasteiger partial charge in [0, 0.05) is 24.1 Å². The third-order valence-electron chi connectivity index (χ3n) is 3.35. The monoisotopic (exact) mass is 285 g/mol. The van der Waals surface area contributed by atoms with E-state index in [0.29, 0.717) is 12.2 Å². The van der Waals surface area contributed by atoms with Crippen LogP contribution in [-0.4, -0.2) is 19.3 Å². The van der Waals surface area contributed by atoms with Crippen LogP contribution in [0.4, 0.5) is 10.1 Å². The van der Waals surface area contributed by atoms with Crippen LogP contribution in [0.5, 0.6) is 0 Å². The van der Waals surface area contributed by atoms with Crippen molar-refractivity contribution < 1.29 is 4.39 Å². The summed E-state index contributed by atoms with van der Waals surface area (Å²) in [5.74, 6) is -0.337. The molecule has 3 aromatic rings. The minimum Gasteiger partial charge on any atom is -0.379 e. The molecule has 0 bridgehead atoms. The van der Waals surface area contributed by atoms with Crippen LogP contribution in [0.15, 0.2) is 49.2 Å². The van der Waals surface area contributed by atoms with Gasteiger partial charge in [0.2, 0.25) is 0 Å². The Kier molecular flexibility index (Phi) is 3.68.